The average Bonchev–Trinajstić information content (AvgIpc) is 2.39. The predicted molar refractivity (Wildman–Crippen MR) is 82.4 cm³/mol. The van der Waals surface area contributed by atoms with E-state index < -0.39 is 16.1 Å². The van der Waals surface area contributed by atoms with Crippen LogP contribution in [0.4, 0.5) is 0 Å². The molecule has 0 spiro atoms. The van der Waals surface area contributed by atoms with E-state index in [1.165, 1.54) is 4.31 Å². The van der Waals surface area contributed by atoms with Crippen molar-refractivity contribution < 1.29 is 13.5 Å². The second-order valence-corrected chi connectivity index (χ2v) is 8.14. The zero-order chi connectivity index (χ0) is 14.0. The van der Waals surface area contributed by atoms with E-state index in [0.29, 0.717) is 6.42 Å². The molecule has 0 bridgehead atoms. The van der Waals surface area contributed by atoms with Gasteiger partial charge in [0.2, 0.25) is 10.0 Å². The van der Waals surface area contributed by atoms with E-state index in [0.717, 1.165) is 22.8 Å². The monoisotopic (exact) mass is 395 g/mol. The molecule has 0 saturated heterocycles. The summed E-state index contributed by atoms with van der Waals surface area (Å²) in [6.45, 7) is 0. The number of likely N-dealkylation sites (N-methyl/N-ethyl adjacent to an activating group) is 1. The second kappa shape index (κ2) is 6.07. The second-order valence-electron chi connectivity index (χ2n) is 4.89. The standard InChI is InChI=1S/C13H18INO3S/c1-15(12-4-2-3-5-13(12)16)19(17,18)11-8-6-10(14)7-9-11/h6-9,12-13,16H,2-5H2,1H3. The van der Waals surface area contributed by atoms with Crippen LogP contribution in [0.2, 0.25) is 0 Å². The molecule has 2 unspecified atom stereocenters. The van der Waals surface area contributed by atoms with Gasteiger partial charge in [0.1, 0.15) is 0 Å². The third-order valence-corrected chi connectivity index (χ3v) is 6.27. The van der Waals surface area contributed by atoms with Crippen molar-refractivity contribution in [1.29, 1.82) is 0 Å². The van der Waals surface area contributed by atoms with Gasteiger partial charge in [-0.05, 0) is 59.7 Å². The molecular formula is C13H18INO3S. The lowest BCUT2D eigenvalue weighted by Crippen LogP contribution is -2.46. The van der Waals surface area contributed by atoms with E-state index in [-0.39, 0.29) is 10.9 Å². The minimum Gasteiger partial charge on any atom is -0.391 e. The third kappa shape index (κ3) is 3.29. The lowest BCUT2D eigenvalue weighted by atomic mass is 9.93. The molecule has 2 atom stereocenters. The molecule has 1 aliphatic rings. The molecule has 2 rings (SSSR count). The molecule has 0 radical (unpaired) electrons. The van der Waals surface area contributed by atoms with Crippen LogP contribution in [0.25, 0.3) is 0 Å². The summed E-state index contributed by atoms with van der Waals surface area (Å²) in [4.78, 5) is 0.285. The van der Waals surface area contributed by atoms with E-state index >= 15 is 0 Å². The van der Waals surface area contributed by atoms with Crippen LogP contribution in [0.5, 0.6) is 0 Å². The Morgan fingerprint density at radius 1 is 1.21 bits per heavy atom. The number of sulfonamides is 1. The summed E-state index contributed by atoms with van der Waals surface area (Å²) in [5, 5.41) is 9.99. The van der Waals surface area contributed by atoms with Gasteiger partial charge in [-0.1, -0.05) is 12.8 Å². The molecule has 0 amide bonds. The zero-order valence-corrected chi connectivity index (χ0v) is 13.8. The van der Waals surface area contributed by atoms with E-state index in [1.54, 1.807) is 31.3 Å². The first-order valence-electron chi connectivity index (χ1n) is 6.34. The van der Waals surface area contributed by atoms with Gasteiger partial charge >= 0.3 is 0 Å². The summed E-state index contributed by atoms with van der Waals surface area (Å²) in [7, 11) is -1.96. The quantitative estimate of drug-likeness (QED) is 0.799. The Morgan fingerprint density at radius 3 is 2.37 bits per heavy atom. The first kappa shape index (κ1) is 15.2. The highest BCUT2D eigenvalue weighted by Crippen LogP contribution is 2.27. The Bertz CT molecular complexity index is 529. The van der Waals surface area contributed by atoms with Gasteiger partial charge in [0.15, 0.2) is 0 Å². The number of aliphatic hydroxyl groups is 1. The van der Waals surface area contributed by atoms with Gasteiger partial charge in [-0.25, -0.2) is 8.42 Å². The van der Waals surface area contributed by atoms with Crippen molar-refractivity contribution in [3.05, 3.63) is 27.8 Å². The Morgan fingerprint density at radius 2 is 1.79 bits per heavy atom. The SMILES string of the molecule is CN(C1CCCCC1O)S(=O)(=O)c1ccc(I)cc1. The Kier molecular flexibility index (Phi) is 4.86. The maximum absolute atomic E-state index is 12.5. The number of aliphatic hydroxyl groups excluding tert-OH is 1. The van der Waals surface area contributed by atoms with E-state index in [1.807, 2.05) is 0 Å². The van der Waals surface area contributed by atoms with Gasteiger partial charge in [-0.15, -0.1) is 0 Å². The molecule has 1 aromatic rings. The third-order valence-electron chi connectivity index (χ3n) is 3.65. The number of nitrogens with zero attached hydrogens (tertiary/aromatic N) is 1. The van der Waals surface area contributed by atoms with E-state index in [4.69, 9.17) is 0 Å². The molecule has 1 saturated carbocycles. The van der Waals surface area contributed by atoms with Crippen LogP contribution in [0, 0.1) is 3.57 Å². The molecule has 4 nitrogen and oxygen atoms in total. The molecule has 0 aliphatic heterocycles. The van der Waals surface area contributed by atoms with Crippen molar-refractivity contribution in [3.63, 3.8) is 0 Å². The molecule has 1 aromatic carbocycles. The fourth-order valence-electron chi connectivity index (χ4n) is 2.47. The Labute approximate surface area is 128 Å². The summed E-state index contributed by atoms with van der Waals surface area (Å²) in [5.41, 5.74) is 0. The first-order chi connectivity index (χ1) is 8.93. The lowest BCUT2D eigenvalue weighted by Gasteiger charge is -2.34. The van der Waals surface area contributed by atoms with E-state index in [2.05, 4.69) is 22.6 Å². The summed E-state index contributed by atoms with van der Waals surface area (Å²) in [5.74, 6) is 0. The molecule has 106 valence electrons. The normalized spacial score (nSPS) is 24.6. The molecule has 19 heavy (non-hydrogen) atoms. The lowest BCUT2D eigenvalue weighted by molar-refractivity contribution is 0.0638. The summed E-state index contributed by atoms with van der Waals surface area (Å²) in [6.07, 6.45) is 2.78. The van der Waals surface area contributed by atoms with Crippen molar-refractivity contribution in [2.24, 2.45) is 0 Å². The van der Waals surface area contributed by atoms with Crippen molar-refractivity contribution in [3.8, 4) is 0 Å². The molecular weight excluding hydrogens is 377 g/mol. The molecule has 1 aliphatic carbocycles. The maximum atomic E-state index is 12.5. The predicted octanol–water partition coefficient (Wildman–Crippen LogP) is 2.22. The van der Waals surface area contributed by atoms with Crippen LogP contribution in [-0.4, -0.2) is 37.0 Å². The summed E-state index contributed by atoms with van der Waals surface area (Å²) in [6, 6.07) is 6.47. The minimum atomic E-state index is -3.52. The molecule has 0 aromatic heterocycles. The number of hydrogen-bond acceptors (Lipinski definition) is 3. The number of rotatable bonds is 3. The Hall–Kier alpha value is -0.180. The van der Waals surface area contributed by atoms with Gasteiger partial charge in [-0.3, -0.25) is 0 Å². The van der Waals surface area contributed by atoms with Crippen LogP contribution in [0.15, 0.2) is 29.2 Å². The molecule has 1 fully saturated rings. The van der Waals surface area contributed by atoms with Crippen LogP contribution in [0.3, 0.4) is 0 Å². The van der Waals surface area contributed by atoms with Crippen LogP contribution in [0.1, 0.15) is 25.7 Å². The smallest absolute Gasteiger partial charge is 0.243 e. The van der Waals surface area contributed by atoms with Gasteiger partial charge in [-0.2, -0.15) is 4.31 Å². The van der Waals surface area contributed by atoms with Gasteiger partial charge in [0.25, 0.3) is 0 Å². The Balaban J connectivity index is 2.25. The highest BCUT2D eigenvalue weighted by Gasteiger charge is 2.34. The van der Waals surface area contributed by atoms with Crippen LogP contribution in [-0.2, 0) is 10.0 Å². The molecule has 6 heteroatoms. The molecule has 1 N–H and O–H groups in total. The largest absolute Gasteiger partial charge is 0.391 e. The number of halogens is 1. The fraction of sp³-hybridized carbons (Fsp3) is 0.538. The maximum Gasteiger partial charge on any atom is 0.243 e. The van der Waals surface area contributed by atoms with Crippen molar-refractivity contribution in [2.45, 2.75) is 42.7 Å². The highest BCUT2D eigenvalue weighted by atomic mass is 127. The van der Waals surface area contributed by atoms with Crippen LogP contribution < -0.4 is 0 Å². The fourth-order valence-corrected chi connectivity index (χ4v) is 4.24. The van der Waals surface area contributed by atoms with Crippen molar-refractivity contribution >= 4 is 32.6 Å². The van der Waals surface area contributed by atoms with E-state index in [9.17, 15) is 13.5 Å². The van der Waals surface area contributed by atoms with Gasteiger partial charge in [0.05, 0.1) is 17.0 Å². The van der Waals surface area contributed by atoms with Gasteiger partial charge in [0, 0.05) is 10.6 Å². The summed E-state index contributed by atoms with van der Waals surface area (Å²) < 4.78 is 27.3. The minimum absolute atomic E-state index is 0.285. The number of benzene rings is 1. The van der Waals surface area contributed by atoms with Crippen molar-refractivity contribution in [2.75, 3.05) is 7.05 Å². The highest BCUT2D eigenvalue weighted by molar-refractivity contribution is 14.1. The van der Waals surface area contributed by atoms with Crippen molar-refractivity contribution in [1.82, 2.24) is 4.31 Å². The summed E-state index contributed by atoms with van der Waals surface area (Å²) >= 11 is 2.14. The molecule has 0 heterocycles. The topological polar surface area (TPSA) is 57.6 Å². The average molecular weight is 395 g/mol. The van der Waals surface area contributed by atoms with Gasteiger partial charge < -0.3 is 5.11 Å². The first-order valence-corrected chi connectivity index (χ1v) is 8.86. The zero-order valence-electron chi connectivity index (χ0n) is 10.8. The van der Waals surface area contributed by atoms with Crippen LogP contribution >= 0.6 is 22.6 Å². The number of hydrogen-bond donors (Lipinski definition) is 1.